The van der Waals surface area contributed by atoms with E-state index in [9.17, 15) is 9.59 Å². The van der Waals surface area contributed by atoms with Gasteiger partial charge in [-0.1, -0.05) is 0 Å². The monoisotopic (exact) mass is 336 g/mol. The first-order valence-electron chi connectivity index (χ1n) is 8.80. The highest BCUT2D eigenvalue weighted by molar-refractivity contribution is 5.97. The lowest BCUT2D eigenvalue weighted by atomic mass is 9.93. The molecule has 3 heterocycles. The van der Waals surface area contributed by atoms with E-state index in [1.165, 1.54) is 0 Å². The Hall–Kier alpha value is -2.63. The zero-order valence-electron chi connectivity index (χ0n) is 14.0. The van der Waals surface area contributed by atoms with E-state index in [-0.39, 0.29) is 17.6 Å². The van der Waals surface area contributed by atoms with Gasteiger partial charge in [0.05, 0.1) is 16.8 Å². The van der Waals surface area contributed by atoms with Gasteiger partial charge in [-0.3, -0.25) is 14.6 Å². The zero-order chi connectivity index (χ0) is 17.2. The topological polar surface area (TPSA) is 76.1 Å². The number of aromatic nitrogens is 3. The summed E-state index contributed by atoms with van der Waals surface area (Å²) in [5.41, 5.74) is 2.16. The van der Waals surface area contributed by atoms with Crippen LogP contribution < -0.4 is 0 Å². The van der Waals surface area contributed by atoms with Crippen molar-refractivity contribution in [1.29, 1.82) is 0 Å². The average molecular weight is 336 g/mol. The summed E-state index contributed by atoms with van der Waals surface area (Å²) < 4.78 is 0. The summed E-state index contributed by atoms with van der Waals surface area (Å²) in [6.07, 6.45) is 9.12. The van der Waals surface area contributed by atoms with Crippen molar-refractivity contribution in [3.05, 3.63) is 53.4 Å². The number of hydrogen-bond acceptors (Lipinski definition) is 5. The van der Waals surface area contributed by atoms with Crippen LogP contribution in [-0.2, 0) is 6.42 Å². The van der Waals surface area contributed by atoms with Crippen molar-refractivity contribution < 1.29 is 9.59 Å². The second-order valence-corrected chi connectivity index (χ2v) is 6.70. The minimum absolute atomic E-state index is 0.00550. The highest BCUT2D eigenvalue weighted by Gasteiger charge is 2.28. The number of rotatable bonds is 2. The van der Waals surface area contributed by atoms with Crippen LogP contribution in [0.2, 0.25) is 0 Å². The number of likely N-dealkylation sites (tertiary alicyclic amines) is 1. The molecule has 1 amide bonds. The number of aryl methyl sites for hydroxylation is 1. The number of pyridine rings is 1. The first-order chi connectivity index (χ1) is 12.2. The zero-order valence-corrected chi connectivity index (χ0v) is 14.0. The smallest absolute Gasteiger partial charge is 0.255 e. The van der Waals surface area contributed by atoms with Crippen LogP contribution >= 0.6 is 0 Å². The van der Waals surface area contributed by atoms with Crippen molar-refractivity contribution in [2.75, 3.05) is 13.1 Å². The third kappa shape index (κ3) is 3.16. The highest BCUT2D eigenvalue weighted by Crippen LogP contribution is 2.27. The van der Waals surface area contributed by atoms with Crippen molar-refractivity contribution in [2.45, 2.75) is 38.0 Å². The first kappa shape index (κ1) is 15.9. The number of ketones is 1. The molecule has 2 aromatic rings. The summed E-state index contributed by atoms with van der Waals surface area (Å²) >= 11 is 0. The molecule has 1 aliphatic carbocycles. The van der Waals surface area contributed by atoms with E-state index in [0.717, 1.165) is 43.7 Å². The fraction of sp³-hybridized carbons (Fsp3) is 0.421. The summed E-state index contributed by atoms with van der Waals surface area (Å²) in [7, 11) is 0. The molecule has 1 saturated heterocycles. The summed E-state index contributed by atoms with van der Waals surface area (Å²) in [6.45, 7) is 1.36. The lowest BCUT2D eigenvalue weighted by Crippen LogP contribution is -2.39. The maximum atomic E-state index is 12.7. The molecule has 128 valence electrons. The van der Waals surface area contributed by atoms with Gasteiger partial charge in [0.1, 0.15) is 5.82 Å². The molecule has 25 heavy (non-hydrogen) atoms. The van der Waals surface area contributed by atoms with Gasteiger partial charge in [-0.15, -0.1) is 0 Å². The Labute approximate surface area is 146 Å². The molecule has 0 N–H and O–H groups in total. The number of amides is 1. The third-order valence-corrected chi connectivity index (χ3v) is 4.99. The van der Waals surface area contributed by atoms with E-state index in [1.807, 2.05) is 4.90 Å². The van der Waals surface area contributed by atoms with Crippen molar-refractivity contribution in [2.24, 2.45) is 0 Å². The van der Waals surface area contributed by atoms with Crippen LogP contribution in [0.5, 0.6) is 0 Å². The Morgan fingerprint density at radius 3 is 2.96 bits per heavy atom. The predicted molar refractivity (Wildman–Crippen MR) is 91.4 cm³/mol. The van der Waals surface area contributed by atoms with Crippen LogP contribution in [0.1, 0.15) is 63.8 Å². The van der Waals surface area contributed by atoms with E-state index in [0.29, 0.717) is 24.1 Å². The molecule has 0 spiro atoms. The predicted octanol–water partition coefficient (Wildman–Crippen LogP) is 2.41. The molecule has 0 radical (unpaired) electrons. The maximum Gasteiger partial charge on any atom is 0.255 e. The molecule has 0 aromatic carbocycles. The number of nitrogens with zero attached hydrogens (tertiary/aromatic N) is 4. The second kappa shape index (κ2) is 6.70. The van der Waals surface area contributed by atoms with Crippen molar-refractivity contribution >= 4 is 11.7 Å². The largest absolute Gasteiger partial charge is 0.338 e. The third-order valence-electron chi connectivity index (χ3n) is 4.99. The van der Waals surface area contributed by atoms with Crippen molar-refractivity contribution in [1.82, 2.24) is 19.9 Å². The fourth-order valence-corrected chi connectivity index (χ4v) is 3.65. The van der Waals surface area contributed by atoms with Crippen LogP contribution in [0, 0.1) is 0 Å². The lowest BCUT2D eigenvalue weighted by Gasteiger charge is -2.32. The molecule has 1 fully saturated rings. The number of Topliss-reactive ketones (excluding diaryl/α,β-unsaturated/α-hetero) is 1. The molecule has 6 nitrogen and oxygen atoms in total. The van der Waals surface area contributed by atoms with E-state index < -0.39 is 0 Å². The molecule has 0 saturated carbocycles. The van der Waals surface area contributed by atoms with Gasteiger partial charge in [-0.2, -0.15) is 0 Å². The summed E-state index contributed by atoms with van der Waals surface area (Å²) in [4.78, 5) is 39.6. The Morgan fingerprint density at radius 1 is 1.20 bits per heavy atom. The van der Waals surface area contributed by atoms with E-state index >= 15 is 0 Å². The first-order valence-corrected chi connectivity index (χ1v) is 8.80. The van der Waals surface area contributed by atoms with Crippen LogP contribution in [0.25, 0.3) is 0 Å². The quantitative estimate of drug-likeness (QED) is 0.842. The van der Waals surface area contributed by atoms with Gasteiger partial charge < -0.3 is 4.90 Å². The number of carbonyl (C=O) groups excluding carboxylic acids is 2. The van der Waals surface area contributed by atoms with Gasteiger partial charge in [0, 0.05) is 44.0 Å². The minimum Gasteiger partial charge on any atom is -0.338 e. The Kier molecular flexibility index (Phi) is 4.26. The Balaban J connectivity index is 1.53. The van der Waals surface area contributed by atoms with Gasteiger partial charge in [-0.25, -0.2) is 9.97 Å². The molecule has 4 rings (SSSR count). The molecule has 1 aliphatic heterocycles. The normalized spacial score (nSPS) is 20.2. The number of carbonyl (C=O) groups is 2. The van der Waals surface area contributed by atoms with Gasteiger partial charge in [0.15, 0.2) is 5.78 Å². The summed E-state index contributed by atoms with van der Waals surface area (Å²) in [6, 6.07) is 3.57. The van der Waals surface area contributed by atoms with Gasteiger partial charge in [0.25, 0.3) is 5.91 Å². The van der Waals surface area contributed by atoms with E-state index in [4.69, 9.17) is 0 Å². The number of hydrogen-bond donors (Lipinski definition) is 0. The summed E-state index contributed by atoms with van der Waals surface area (Å²) in [5.74, 6) is 1.03. The second-order valence-electron chi connectivity index (χ2n) is 6.70. The van der Waals surface area contributed by atoms with E-state index in [2.05, 4.69) is 15.0 Å². The minimum atomic E-state index is 0.00550. The van der Waals surface area contributed by atoms with Gasteiger partial charge >= 0.3 is 0 Å². The molecule has 6 heteroatoms. The highest BCUT2D eigenvalue weighted by atomic mass is 16.2. The van der Waals surface area contributed by atoms with Crippen LogP contribution in [-0.4, -0.2) is 44.6 Å². The molecule has 0 bridgehead atoms. The van der Waals surface area contributed by atoms with Crippen LogP contribution in [0.3, 0.4) is 0 Å². The number of fused-ring (bicyclic) bond motifs is 1. The number of piperidine rings is 1. The Morgan fingerprint density at radius 2 is 2.12 bits per heavy atom. The molecule has 1 atom stereocenters. The van der Waals surface area contributed by atoms with Crippen LogP contribution in [0.15, 0.2) is 30.7 Å². The molecular formula is C19H20N4O2. The summed E-state index contributed by atoms with van der Waals surface area (Å²) in [5, 5.41) is 0. The standard InChI is InChI=1S/C19H20N4O2/c24-17-7-1-6-16-15(17)11-21-18(22-16)14-5-3-9-23(12-14)19(25)13-4-2-8-20-10-13/h2,4,8,10-11,14H,1,3,5-7,9,12H2/t14-/m0/s1. The maximum absolute atomic E-state index is 12.7. The molecule has 2 aliphatic rings. The lowest BCUT2D eigenvalue weighted by molar-refractivity contribution is 0.0704. The van der Waals surface area contributed by atoms with Gasteiger partial charge in [0.2, 0.25) is 0 Å². The van der Waals surface area contributed by atoms with Crippen LogP contribution in [0.4, 0.5) is 0 Å². The Bertz CT molecular complexity index is 806. The van der Waals surface area contributed by atoms with Crippen molar-refractivity contribution in [3.63, 3.8) is 0 Å². The van der Waals surface area contributed by atoms with E-state index in [1.54, 1.807) is 30.7 Å². The fourth-order valence-electron chi connectivity index (χ4n) is 3.65. The van der Waals surface area contributed by atoms with Crippen molar-refractivity contribution in [3.8, 4) is 0 Å². The molecular weight excluding hydrogens is 316 g/mol. The molecule has 2 aromatic heterocycles. The SMILES string of the molecule is O=C1CCCc2nc([C@H]3CCCN(C(=O)c4cccnc4)C3)ncc21. The average Bonchev–Trinajstić information content (AvgIpc) is 2.68. The molecule has 0 unspecified atom stereocenters. The van der Waals surface area contributed by atoms with Gasteiger partial charge in [-0.05, 0) is 37.8 Å².